The SMILES string of the molecule is CCC(=O)O[C@]1(C(=O)S)[C@H](C)C[C@@]2(C)C3C[C@H](F)C4=CC(=O)C=C[C@]4(C)[C@@]3(F)[C@@H](O)C[C@@]21C. The summed E-state index contributed by atoms with van der Waals surface area (Å²) >= 11 is 4.12. The number of carbonyl (C=O) groups excluding carboxylic acids is 3. The van der Waals surface area contributed by atoms with E-state index in [0.717, 1.165) is 6.08 Å². The molecule has 1 unspecified atom stereocenters. The number of ketones is 1. The van der Waals surface area contributed by atoms with Gasteiger partial charge in [0.05, 0.1) is 6.10 Å². The van der Waals surface area contributed by atoms with Gasteiger partial charge in [-0.25, -0.2) is 8.78 Å². The van der Waals surface area contributed by atoms with Crippen LogP contribution in [0.5, 0.6) is 0 Å². The highest BCUT2D eigenvalue weighted by molar-refractivity contribution is 7.96. The van der Waals surface area contributed by atoms with Crippen LogP contribution in [-0.4, -0.2) is 45.5 Å². The molecule has 8 heteroatoms. The van der Waals surface area contributed by atoms with E-state index in [2.05, 4.69) is 12.6 Å². The third-order valence-corrected chi connectivity index (χ3v) is 10.1. The van der Waals surface area contributed by atoms with E-state index in [9.17, 15) is 19.5 Å². The average Bonchev–Trinajstić information content (AvgIpc) is 2.90. The van der Waals surface area contributed by atoms with Gasteiger partial charge >= 0.3 is 5.97 Å². The van der Waals surface area contributed by atoms with Crippen molar-refractivity contribution < 1.29 is 33.0 Å². The van der Waals surface area contributed by atoms with Crippen LogP contribution in [-0.2, 0) is 19.1 Å². The monoisotopic (exact) mass is 482 g/mol. The van der Waals surface area contributed by atoms with Crippen molar-refractivity contribution in [3.63, 3.8) is 0 Å². The first-order valence-electron chi connectivity index (χ1n) is 11.6. The number of alkyl halides is 2. The fourth-order valence-electron chi connectivity index (χ4n) is 8.01. The molecule has 0 heterocycles. The van der Waals surface area contributed by atoms with Gasteiger partial charge in [-0.15, -0.1) is 12.6 Å². The predicted octanol–water partition coefficient (Wildman–Crippen LogP) is 4.09. The first-order chi connectivity index (χ1) is 15.2. The highest BCUT2D eigenvalue weighted by Gasteiger charge is 2.81. The molecule has 0 aromatic carbocycles. The average molecular weight is 483 g/mol. The fraction of sp³-hybridized carbons (Fsp3) is 0.720. The van der Waals surface area contributed by atoms with Crippen LogP contribution in [0.4, 0.5) is 8.78 Å². The van der Waals surface area contributed by atoms with Crippen molar-refractivity contribution >= 4 is 29.5 Å². The summed E-state index contributed by atoms with van der Waals surface area (Å²) in [6.45, 7) is 8.46. The second kappa shape index (κ2) is 7.23. The van der Waals surface area contributed by atoms with Crippen LogP contribution in [0.1, 0.15) is 60.3 Å². The second-order valence-electron chi connectivity index (χ2n) is 11.0. The van der Waals surface area contributed by atoms with Gasteiger partial charge in [-0.3, -0.25) is 14.4 Å². The number of aliphatic hydroxyl groups is 1. The molecule has 0 amide bonds. The molecule has 0 aromatic heterocycles. The van der Waals surface area contributed by atoms with Crippen molar-refractivity contribution in [2.45, 2.75) is 83.8 Å². The van der Waals surface area contributed by atoms with Crippen LogP contribution >= 0.6 is 12.6 Å². The number of ether oxygens (including phenoxy) is 1. The van der Waals surface area contributed by atoms with E-state index in [-0.39, 0.29) is 24.8 Å². The minimum atomic E-state index is -2.28. The lowest BCUT2D eigenvalue weighted by atomic mass is 9.40. The lowest BCUT2D eigenvalue weighted by Crippen LogP contribution is -2.73. The lowest BCUT2D eigenvalue weighted by molar-refractivity contribution is -0.254. The van der Waals surface area contributed by atoms with Gasteiger partial charge in [-0.05, 0) is 49.3 Å². The normalized spacial score (nSPS) is 50.7. The second-order valence-corrected chi connectivity index (χ2v) is 11.4. The summed E-state index contributed by atoms with van der Waals surface area (Å²) in [5.74, 6) is -2.51. The Kier molecular flexibility index (Phi) is 5.39. The summed E-state index contributed by atoms with van der Waals surface area (Å²) in [6, 6.07) is 0. The number of hydrogen-bond acceptors (Lipinski definition) is 5. The highest BCUT2D eigenvalue weighted by atomic mass is 32.1. The third-order valence-electron chi connectivity index (χ3n) is 9.80. The number of thiol groups is 1. The number of fused-ring (bicyclic) bond motifs is 5. The first-order valence-corrected chi connectivity index (χ1v) is 12.0. The maximum absolute atomic E-state index is 17.4. The van der Waals surface area contributed by atoms with Crippen molar-refractivity contribution in [2.75, 3.05) is 0 Å². The van der Waals surface area contributed by atoms with Crippen LogP contribution in [0.3, 0.4) is 0 Å². The molecule has 0 saturated heterocycles. The Labute approximate surface area is 198 Å². The summed E-state index contributed by atoms with van der Waals surface area (Å²) in [5.41, 5.74) is -7.62. The van der Waals surface area contributed by atoms with Gasteiger partial charge in [-0.1, -0.05) is 33.8 Å². The Hall–Kier alpha value is -1.54. The summed E-state index contributed by atoms with van der Waals surface area (Å²) in [7, 11) is 0. The number of esters is 1. The molecule has 4 aliphatic rings. The Morgan fingerprint density at radius 2 is 1.91 bits per heavy atom. The van der Waals surface area contributed by atoms with Gasteiger partial charge < -0.3 is 9.84 Å². The van der Waals surface area contributed by atoms with E-state index in [1.54, 1.807) is 20.8 Å². The molecule has 3 fully saturated rings. The summed E-state index contributed by atoms with van der Waals surface area (Å²) in [5, 5.41) is 10.8. The topological polar surface area (TPSA) is 80.7 Å². The number of allylic oxidation sites excluding steroid dienone is 4. The molecule has 33 heavy (non-hydrogen) atoms. The molecule has 4 rings (SSSR count). The number of aliphatic hydroxyl groups excluding tert-OH is 1. The van der Waals surface area contributed by atoms with Crippen LogP contribution in [0.2, 0.25) is 0 Å². The van der Waals surface area contributed by atoms with E-state index < -0.39 is 68.5 Å². The van der Waals surface area contributed by atoms with E-state index in [1.165, 1.54) is 19.1 Å². The molecule has 9 atom stereocenters. The summed E-state index contributed by atoms with van der Waals surface area (Å²) in [4.78, 5) is 37.5. The van der Waals surface area contributed by atoms with Gasteiger partial charge in [0.1, 0.15) is 6.17 Å². The molecular formula is C25H32F2O5S. The molecule has 182 valence electrons. The zero-order chi connectivity index (χ0) is 24.8. The molecule has 0 bridgehead atoms. The highest BCUT2D eigenvalue weighted by Crippen LogP contribution is 2.76. The number of hydrogen-bond donors (Lipinski definition) is 2. The predicted molar refractivity (Wildman–Crippen MR) is 121 cm³/mol. The zero-order valence-electron chi connectivity index (χ0n) is 19.7. The molecule has 0 aliphatic heterocycles. The maximum atomic E-state index is 17.4. The minimum Gasteiger partial charge on any atom is -0.449 e. The van der Waals surface area contributed by atoms with E-state index in [4.69, 9.17) is 4.74 Å². The quantitative estimate of drug-likeness (QED) is 0.468. The van der Waals surface area contributed by atoms with E-state index >= 15 is 8.78 Å². The third kappa shape index (κ3) is 2.65. The van der Waals surface area contributed by atoms with E-state index in [0.29, 0.717) is 6.42 Å². The number of rotatable bonds is 3. The van der Waals surface area contributed by atoms with Crippen LogP contribution in [0.15, 0.2) is 23.8 Å². The molecule has 5 nitrogen and oxygen atoms in total. The minimum absolute atomic E-state index is 0.0406. The largest absolute Gasteiger partial charge is 0.449 e. The molecule has 0 aromatic rings. The molecule has 0 radical (unpaired) electrons. The van der Waals surface area contributed by atoms with Crippen molar-refractivity contribution in [1.29, 1.82) is 0 Å². The Morgan fingerprint density at radius 3 is 2.48 bits per heavy atom. The smallest absolute Gasteiger partial charge is 0.306 e. The molecule has 4 aliphatic carbocycles. The van der Waals surface area contributed by atoms with Crippen LogP contribution < -0.4 is 0 Å². The van der Waals surface area contributed by atoms with Gasteiger partial charge in [-0.2, -0.15) is 0 Å². The van der Waals surface area contributed by atoms with Gasteiger partial charge in [0.2, 0.25) is 5.12 Å². The lowest BCUT2D eigenvalue weighted by Gasteiger charge is -2.66. The van der Waals surface area contributed by atoms with Gasteiger partial charge in [0.15, 0.2) is 17.1 Å². The fourth-order valence-corrected chi connectivity index (χ4v) is 8.52. The first kappa shape index (κ1) is 24.6. The number of carbonyl (C=O) groups is 3. The Balaban J connectivity index is 1.94. The van der Waals surface area contributed by atoms with E-state index in [1.807, 2.05) is 6.92 Å². The molecule has 3 saturated carbocycles. The summed E-state index contributed by atoms with van der Waals surface area (Å²) < 4.78 is 38.8. The zero-order valence-corrected chi connectivity index (χ0v) is 20.5. The molecule has 0 spiro atoms. The van der Waals surface area contributed by atoms with Crippen LogP contribution in [0, 0.1) is 28.1 Å². The van der Waals surface area contributed by atoms with Crippen molar-refractivity contribution in [3.8, 4) is 0 Å². The van der Waals surface area contributed by atoms with Gasteiger partial charge in [0, 0.05) is 29.1 Å². The number of halogens is 2. The maximum Gasteiger partial charge on any atom is 0.306 e. The van der Waals surface area contributed by atoms with Crippen molar-refractivity contribution in [1.82, 2.24) is 0 Å². The standard InChI is InChI=1S/C25H32F2O5S/c1-6-19(30)32-25(20(31)33)13(2)11-22(4)17-10-16(26)15-9-14(28)7-8-21(15,3)24(17,27)18(29)12-23(22,25)5/h7-9,13,16-18,29H,6,10-12H2,1-5H3,(H,31,33)/t13-,16+,17?,18+,21+,22+,23+,24+,25+/m1/s1. The Bertz CT molecular complexity index is 995. The van der Waals surface area contributed by atoms with Crippen LogP contribution in [0.25, 0.3) is 0 Å². The molecular weight excluding hydrogens is 450 g/mol. The van der Waals surface area contributed by atoms with Gasteiger partial charge in [0.25, 0.3) is 0 Å². The summed E-state index contributed by atoms with van der Waals surface area (Å²) in [6.07, 6.45) is 0.498. The van der Waals surface area contributed by atoms with Crippen molar-refractivity contribution in [2.24, 2.45) is 28.1 Å². The molecule has 1 N–H and O–H groups in total. The van der Waals surface area contributed by atoms with Crippen molar-refractivity contribution in [3.05, 3.63) is 23.8 Å². The Morgan fingerprint density at radius 1 is 1.27 bits per heavy atom.